The largest absolute Gasteiger partial charge is 0.336 e. The van der Waals surface area contributed by atoms with Crippen LogP contribution in [-0.4, -0.2) is 40.4 Å². The third-order valence-electron chi connectivity index (χ3n) is 4.63. The number of benzene rings is 1. The highest BCUT2D eigenvalue weighted by Gasteiger charge is 2.37. The van der Waals surface area contributed by atoms with E-state index in [9.17, 15) is 4.79 Å². The van der Waals surface area contributed by atoms with E-state index in [4.69, 9.17) is 5.73 Å². The Morgan fingerprint density at radius 3 is 2.86 bits per heavy atom. The van der Waals surface area contributed by atoms with Gasteiger partial charge >= 0.3 is 0 Å². The maximum atomic E-state index is 12.7. The van der Waals surface area contributed by atoms with Crippen molar-refractivity contribution in [3.63, 3.8) is 0 Å². The fourth-order valence-corrected chi connectivity index (χ4v) is 4.98. The number of nitrogens with zero attached hydrogens (tertiary/aromatic N) is 1. The molecule has 2 N–H and O–H groups in total. The van der Waals surface area contributed by atoms with Crippen molar-refractivity contribution in [3.8, 4) is 0 Å². The maximum absolute atomic E-state index is 12.7. The molecule has 0 unspecified atom stereocenters. The molecule has 21 heavy (non-hydrogen) atoms. The zero-order valence-corrected chi connectivity index (χ0v) is 13.2. The highest BCUT2D eigenvalue weighted by Crippen LogP contribution is 2.35. The van der Waals surface area contributed by atoms with Gasteiger partial charge in [0.25, 0.3) is 0 Å². The van der Waals surface area contributed by atoms with E-state index in [0.717, 1.165) is 24.3 Å². The number of carbonyl (C=O) groups excluding carboxylic acids is 1. The lowest BCUT2D eigenvalue weighted by atomic mass is 9.92. The molecule has 4 heteroatoms. The molecule has 3 nitrogen and oxygen atoms in total. The van der Waals surface area contributed by atoms with Crippen LogP contribution in [0.15, 0.2) is 30.3 Å². The van der Waals surface area contributed by atoms with E-state index in [2.05, 4.69) is 4.90 Å². The first-order valence-electron chi connectivity index (χ1n) is 7.97. The second kappa shape index (κ2) is 6.84. The highest BCUT2D eigenvalue weighted by atomic mass is 32.2. The van der Waals surface area contributed by atoms with Crippen LogP contribution in [0.1, 0.15) is 31.2 Å². The van der Waals surface area contributed by atoms with Crippen molar-refractivity contribution in [2.75, 3.05) is 12.3 Å². The van der Waals surface area contributed by atoms with Gasteiger partial charge in [-0.25, -0.2) is 0 Å². The number of rotatable bonds is 3. The van der Waals surface area contributed by atoms with Gasteiger partial charge in [-0.1, -0.05) is 43.2 Å². The second-order valence-corrected chi connectivity index (χ2v) is 7.44. The molecule has 114 valence electrons. The van der Waals surface area contributed by atoms with Gasteiger partial charge in [-0.3, -0.25) is 4.79 Å². The molecule has 1 aliphatic carbocycles. The number of thioether (sulfide) groups is 1. The fraction of sp³-hybridized carbons (Fsp3) is 0.588. The van der Waals surface area contributed by atoms with Crippen LogP contribution < -0.4 is 5.73 Å². The molecule has 3 atom stereocenters. The van der Waals surface area contributed by atoms with E-state index in [1.165, 1.54) is 19.3 Å². The number of amides is 1. The van der Waals surface area contributed by atoms with E-state index in [-0.39, 0.29) is 5.91 Å². The molecule has 0 bridgehead atoms. The van der Waals surface area contributed by atoms with E-state index >= 15 is 0 Å². The standard InChI is InChI=1S/C17H24N2OS/c18-14(12-13-6-2-1-3-7-13)17(20)19-10-11-21-16-9-5-4-8-15(16)19/h1-3,6-7,14-16H,4-5,8-12,18H2/t14-,15+,16-/m1/s1. The van der Waals surface area contributed by atoms with E-state index < -0.39 is 6.04 Å². The summed E-state index contributed by atoms with van der Waals surface area (Å²) >= 11 is 2.05. The predicted octanol–water partition coefficient (Wildman–Crippen LogP) is 2.44. The van der Waals surface area contributed by atoms with Crippen molar-refractivity contribution in [1.82, 2.24) is 4.90 Å². The maximum Gasteiger partial charge on any atom is 0.240 e. The quantitative estimate of drug-likeness (QED) is 0.933. The summed E-state index contributed by atoms with van der Waals surface area (Å²) in [6.07, 6.45) is 5.61. The van der Waals surface area contributed by atoms with E-state index in [1.54, 1.807) is 0 Å². The Kier molecular flexibility index (Phi) is 4.86. The lowest BCUT2D eigenvalue weighted by molar-refractivity contribution is -0.135. The molecule has 1 saturated heterocycles. The van der Waals surface area contributed by atoms with Crippen molar-refractivity contribution in [2.24, 2.45) is 5.73 Å². The normalized spacial score (nSPS) is 27.0. The predicted molar refractivity (Wildman–Crippen MR) is 88.3 cm³/mol. The summed E-state index contributed by atoms with van der Waals surface area (Å²) in [6.45, 7) is 0.868. The van der Waals surface area contributed by atoms with Crippen LogP contribution in [-0.2, 0) is 11.2 Å². The van der Waals surface area contributed by atoms with Crippen molar-refractivity contribution < 1.29 is 4.79 Å². The Hall–Kier alpha value is -1.00. The zero-order chi connectivity index (χ0) is 14.7. The second-order valence-electron chi connectivity index (χ2n) is 6.09. The lowest BCUT2D eigenvalue weighted by Gasteiger charge is -2.44. The van der Waals surface area contributed by atoms with Gasteiger partial charge in [-0.2, -0.15) is 11.8 Å². The SMILES string of the molecule is N[C@H](Cc1ccccc1)C(=O)N1CCS[C@@H]2CCCC[C@@H]21. The molecule has 1 heterocycles. The molecule has 0 aromatic heterocycles. The third-order valence-corrected chi connectivity index (χ3v) is 6.03. The summed E-state index contributed by atoms with van der Waals surface area (Å²) in [4.78, 5) is 14.8. The van der Waals surface area contributed by atoms with Gasteiger partial charge in [0.1, 0.15) is 0 Å². The zero-order valence-electron chi connectivity index (χ0n) is 12.4. The molecule has 1 amide bonds. The smallest absolute Gasteiger partial charge is 0.240 e. The van der Waals surface area contributed by atoms with Crippen LogP contribution in [0.4, 0.5) is 0 Å². The molecule has 0 spiro atoms. The molecule has 1 saturated carbocycles. The summed E-state index contributed by atoms with van der Waals surface area (Å²) in [5.41, 5.74) is 7.35. The molecule has 1 aromatic carbocycles. The van der Waals surface area contributed by atoms with Crippen molar-refractivity contribution in [2.45, 2.75) is 49.4 Å². The van der Waals surface area contributed by atoms with Gasteiger partial charge in [-0.05, 0) is 24.8 Å². The Bertz CT molecular complexity index is 477. The number of fused-ring (bicyclic) bond motifs is 1. The average molecular weight is 304 g/mol. The van der Waals surface area contributed by atoms with Crippen molar-refractivity contribution in [1.29, 1.82) is 0 Å². The van der Waals surface area contributed by atoms with E-state index in [1.807, 2.05) is 42.1 Å². The molecule has 3 rings (SSSR count). The highest BCUT2D eigenvalue weighted by molar-refractivity contribution is 8.00. The third kappa shape index (κ3) is 3.43. The summed E-state index contributed by atoms with van der Waals surface area (Å²) in [5, 5.41) is 0.639. The summed E-state index contributed by atoms with van der Waals surface area (Å²) < 4.78 is 0. The molecule has 2 aliphatic rings. The van der Waals surface area contributed by atoms with Crippen molar-refractivity contribution in [3.05, 3.63) is 35.9 Å². The number of nitrogens with two attached hydrogens (primary N) is 1. The molecule has 0 radical (unpaired) electrons. The van der Waals surface area contributed by atoms with Crippen LogP contribution in [0.25, 0.3) is 0 Å². The van der Waals surface area contributed by atoms with Crippen LogP contribution >= 0.6 is 11.8 Å². The van der Waals surface area contributed by atoms with Gasteiger partial charge in [0.15, 0.2) is 0 Å². The van der Waals surface area contributed by atoms with Crippen molar-refractivity contribution >= 4 is 17.7 Å². The Morgan fingerprint density at radius 1 is 1.29 bits per heavy atom. The Labute approximate surface area is 131 Å². The van der Waals surface area contributed by atoms with Crippen LogP contribution in [0.2, 0.25) is 0 Å². The number of hydrogen-bond donors (Lipinski definition) is 1. The summed E-state index contributed by atoms with van der Waals surface area (Å²) in [5.74, 6) is 1.21. The first-order valence-corrected chi connectivity index (χ1v) is 9.02. The Morgan fingerprint density at radius 2 is 2.05 bits per heavy atom. The first-order chi connectivity index (χ1) is 10.3. The lowest BCUT2D eigenvalue weighted by Crippen LogP contribution is -2.56. The van der Waals surface area contributed by atoms with Crippen LogP contribution in [0.3, 0.4) is 0 Å². The van der Waals surface area contributed by atoms with Crippen LogP contribution in [0.5, 0.6) is 0 Å². The molecule has 1 aromatic rings. The topological polar surface area (TPSA) is 46.3 Å². The summed E-state index contributed by atoms with van der Waals surface area (Å²) in [6, 6.07) is 10.1. The number of carbonyl (C=O) groups is 1. The monoisotopic (exact) mass is 304 g/mol. The molecule has 2 fully saturated rings. The van der Waals surface area contributed by atoms with E-state index in [0.29, 0.717) is 17.7 Å². The molecule has 1 aliphatic heterocycles. The van der Waals surface area contributed by atoms with Gasteiger partial charge < -0.3 is 10.6 Å². The van der Waals surface area contributed by atoms with Gasteiger partial charge in [0.05, 0.1) is 6.04 Å². The fourth-order valence-electron chi connectivity index (χ4n) is 3.54. The average Bonchev–Trinajstić information content (AvgIpc) is 2.54. The first kappa shape index (κ1) is 14.9. The van der Waals surface area contributed by atoms with Crippen LogP contribution in [0, 0.1) is 0 Å². The number of hydrogen-bond acceptors (Lipinski definition) is 3. The minimum absolute atomic E-state index is 0.149. The summed E-state index contributed by atoms with van der Waals surface area (Å²) in [7, 11) is 0. The molecular weight excluding hydrogens is 280 g/mol. The van der Waals surface area contributed by atoms with Gasteiger partial charge in [-0.15, -0.1) is 0 Å². The Balaban J connectivity index is 1.65. The van der Waals surface area contributed by atoms with Gasteiger partial charge in [0, 0.05) is 23.6 Å². The minimum atomic E-state index is -0.405. The molecular formula is C17H24N2OS. The minimum Gasteiger partial charge on any atom is -0.336 e. The van der Waals surface area contributed by atoms with Gasteiger partial charge in [0.2, 0.25) is 5.91 Å².